The zero-order chi connectivity index (χ0) is 24.3. The third-order valence-corrected chi connectivity index (χ3v) is 7.55. The van der Waals surface area contributed by atoms with E-state index in [2.05, 4.69) is 67.6 Å². The van der Waals surface area contributed by atoms with Crippen LogP contribution in [0.1, 0.15) is 88.2 Å². The van der Waals surface area contributed by atoms with Gasteiger partial charge in [-0.25, -0.2) is 0 Å². The molecule has 0 unspecified atom stereocenters. The highest BCUT2D eigenvalue weighted by Gasteiger charge is 2.22. The molecule has 0 aromatic heterocycles. The normalized spacial score (nSPS) is 17.7. The average Bonchev–Trinajstić information content (AvgIpc) is 2.91. The number of unbranched alkanes of at least 4 members (excludes halogenated alkanes) is 2. The number of rotatable bonds is 11. The van der Waals surface area contributed by atoms with Gasteiger partial charge in [0.1, 0.15) is 5.75 Å². The van der Waals surface area contributed by atoms with Crippen LogP contribution < -0.4 is 4.74 Å². The predicted octanol–water partition coefficient (Wildman–Crippen LogP) is 9.14. The Labute approximate surface area is 211 Å². The molecule has 2 nitrogen and oxygen atoms in total. The van der Waals surface area contributed by atoms with E-state index in [1.807, 2.05) is 18.2 Å². The number of esters is 1. The summed E-state index contributed by atoms with van der Waals surface area (Å²) in [6.07, 6.45) is 12.7. The number of aryl methyl sites for hydroxylation is 1. The number of carbonyl (C=O) groups is 1. The molecule has 0 amide bonds. The number of ether oxygens (including phenoxy) is 1. The van der Waals surface area contributed by atoms with Crippen LogP contribution in [0.2, 0.25) is 0 Å². The van der Waals surface area contributed by atoms with Crippen molar-refractivity contribution in [3.63, 3.8) is 0 Å². The first-order valence-corrected chi connectivity index (χ1v) is 13.7. The van der Waals surface area contributed by atoms with Crippen LogP contribution in [0.4, 0.5) is 0 Å². The molecule has 3 aromatic carbocycles. The van der Waals surface area contributed by atoms with Crippen LogP contribution in [-0.4, -0.2) is 5.97 Å². The van der Waals surface area contributed by atoms with E-state index >= 15 is 0 Å². The summed E-state index contributed by atoms with van der Waals surface area (Å²) in [5.41, 5.74) is 5.19. The summed E-state index contributed by atoms with van der Waals surface area (Å²) in [5.74, 6) is 2.14. The highest BCUT2D eigenvalue weighted by Crippen LogP contribution is 2.38. The number of hydrogen-bond acceptors (Lipinski definition) is 2. The maximum absolute atomic E-state index is 12.3. The minimum absolute atomic E-state index is 0.131. The molecule has 0 atom stereocenters. The lowest BCUT2D eigenvalue weighted by molar-refractivity contribution is -0.134. The summed E-state index contributed by atoms with van der Waals surface area (Å²) in [6, 6.07) is 27.5. The molecule has 0 bridgehead atoms. The molecule has 0 aliphatic heterocycles. The van der Waals surface area contributed by atoms with Gasteiger partial charge in [-0.1, -0.05) is 92.9 Å². The second-order valence-electron chi connectivity index (χ2n) is 10.2. The monoisotopic (exact) mass is 468 g/mol. The van der Waals surface area contributed by atoms with E-state index in [-0.39, 0.29) is 5.97 Å². The smallest absolute Gasteiger partial charge is 0.311 e. The highest BCUT2D eigenvalue weighted by atomic mass is 16.5. The quantitative estimate of drug-likeness (QED) is 0.159. The van der Waals surface area contributed by atoms with Gasteiger partial charge in [0.25, 0.3) is 0 Å². The average molecular weight is 469 g/mol. The molecule has 0 radical (unpaired) electrons. The van der Waals surface area contributed by atoms with Crippen molar-refractivity contribution in [2.45, 2.75) is 83.5 Å². The fraction of sp³-hybridized carbons (Fsp3) is 0.424. The van der Waals surface area contributed by atoms with Crippen molar-refractivity contribution in [1.29, 1.82) is 0 Å². The molecule has 35 heavy (non-hydrogen) atoms. The van der Waals surface area contributed by atoms with Gasteiger partial charge in [-0.05, 0) is 91.2 Å². The van der Waals surface area contributed by atoms with Crippen LogP contribution in [0.3, 0.4) is 0 Å². The molecule has 3 aromatic rings. The second-order valence-corrected chi connectivity index (χ2v) is 10.2. The van der Waals surface area contributed by atoms with Crippen LogP contribution in [-0.2, 0) is 11.2 Å². The zero-order valence-corrected chi connectivity index (χ0v) is 21.3. The van der Waals surface area contributed by atoms with E-state index in [4.69, 9.17) is 4.74 Å². The van der Waals surface area contributed by atoms with Crippen LogP contribution >= 0.6 is 0 Å². The first kappa shape index (κ1) is 25.2. The van der Waals surface area contributed by atoms with E-state index < -0.39 is 0 Å². The molecular formula is C33H40O2. The third kappa shape index (κ3) is 7.82. The first-order valence-electron chi connectivity index (χ1n) is 13.7. The van der Waals surface area contributed by atoms with Gasteiger partial charge < -0.3 is 4.74 Å². The minimum Gasteiger partial charge on any atom is -0.427 e. The van der Waals surface area contributed by atoms with Crippen molar-refractivity contribution in [3.8, 4) is 16.9 Å². The van der Waals surface area contributed by atoms with Crippen molar-refractivity contribution in [2.75, 3.05) is 0 Å². The molecule has 184 valence electrons. The molecule has 1 saturated carbocycles. The summed E-state index contributed by atoms with van der Waals surface area (Å²) in [7, 11) is 0. The van der Waals surface area contributed by atoms with E-state index in [1.165, 1.54) is 67.2 Å². The van der Waals surface area contributed by atoms with Gasteiger partial charge in [0, 0.05) is 6.42 Å². The Morgan fingerprint density at radius 3 is 2.14 bits per heavy atom. The van der Waals surface area contributed by atoms with Crippen molar-refractivity contribution < 1.29 is 9.53 Å². The summed E-state index contributed by atoms with van der Waals surface area (Å²) in [5, 5.41) is 0. The summed E-state index contributed by atoms with van der Waals surface area (Å²) < 4.78 is 5.60. The Balaban J connectivity index is 1.14. The van der Waals surface area contributed by atoms with Gasteiger partial charge in [-0.3, -0.25) is 4.79 Å². The lowest BCUT2D eigenvalue weighted by Gasteiger charge is -2.28. The molecule has 1 aliphatic carbocycles. The molecule has 0 N–H and O–H groups in total. The maximum atomic E-state index is 12.3. The molecule has 0 spiro atoms. The van der Waals surface area contributed by atoms with Gasteiger partial charge >= 0.3 is 5.97 Å². The van der Waals surface area contributed by atoms with Crippen molar-refractivity contribution >= 4 is 5.97 Å². The molecule has 2 heteroatoms. The topological polar surface area (TPSA) is 26.3 Å². The molecule has 4 rings (SSSR count). The first-order chi connectivity index (χ1) is 17.2. The van der Waals surface area contributed by atoms with Crippen LogP contribution in [0.5, 0.6) is 5.75 Å². The van der Waals surface area contributed by atoms with E-state index in [0.717, 1.165) is 25.2 Å². The molecular weight excluding hydrogens is 428 g/mol. The largest absolute Gasteiger partial charge is 0.427 e. The fourth-order valence-corrected chi connectivity index (χ4v) is 5.36. The number of hydrogen-bond donors (Lipinski definition) is 0. The maximum Gasteiger partial charge on any atom is 0.311 e. The molecule has 1 aliphatic rings. The lowest BCUT2D eigenvalue weighted by atomic mass is 9.77. The predicted molar refractivity (Wildman–Crippen MR) is 146 cm³/mol. The Bertz CT molecular complexity index is 1010. The standard InChI is InChI=1S/C33H40O2/c1-2-3-9-26-14-20-30(21-15-26)31-22-24-32(25-23-31)35-33(34)13-8-7-10-27-16-18-29(19-17-27)28-11-5-4-6-12-28/h4-6,11-12,16-19,22-26,30H,2-3,7-10,13-15,20-21H2,1H3. The lowest BCUT2D eigenvalue weighted by Crippen LogP contribution is -2.13. The third-order valence-electron chi connectivity index (χ3n) is 7.55. The van der Waals surface area contributed by atoms with Crippen LogP contribution in [0, 0.1) is 5.92 Å². The van der Waals surface area contributed by atoms with E-state index in [0.29, 0.717) is 18.1 Å². The van der Waals surface area contributed by atoms with Gasteiger partial charge in [-0.15, -0.1) is 0 Å². The Morgan fingerprint density at radius 1 is 0.771 bits per heavy atom. The van der Waals surface area contributed by atoms with Gasteiger partial charge in [-0.2, -0.15) is 0 Å². The van der Waals surface area contributed by atoms with Crippen LogP contribution in [0.25, 0.3) is 11.1 Å². The number of benzene rings is 3. The molecule has 0 saturated heterocycles. The zero-order valence-electron chi connectivity index (χ0n) is 21.3. The van der Waals surface area contributed by atoms with Gasteiger partial charge in [0.2, 0.25) is 0 Å². The van der Waals surface area contributed by atoms with E-state index in [9.17, 15) is 4.79 Å². The van der Waals surface area contributed by atoms with Crippen LogP contribution in [0.15, 0.2) is 78.9 Å². The SMILES string of the molecule is CCCCC1CCC(c2ccc(OC(=O)CCCCc3ccc(-c4ccccc4)cc3)cc2)CC1. The number of carbonyl (C=O) groups excluding carboxylic acids is 1. The van der Waals surface area contributed by atoms with E-state index in [1.54, 1.807) is 0 Å². The summed E-state index contributed by atoms with van der Waals surface area (Å²) in [4.78, 5) is 12.3. The summed E-state index contributed by atoms with van der Waals surface area (Å²) in [6.45, 7) is 2.28. The molecule has 1 fully saturated rings. The van der Waals surface area contributed by atoms with Crippen molar-refractivity contribution in [3.05, 3.63) is 90.0 Å². The highest BCUT2D eigenvalue weighted by molar-refractivity contribution is 5.72. The Hall–Kier alpha value is -2.87. The van der Waals surface area contributed by atoms with Crippen molar-refractivity contribution in [2.24, 2.45) is 5.92 Å². The molecule has 0 heterocycles. The van der Waals surface area contributed by atoms with Gasteiger partial charge in [0.15, 0.2) is 0 Å². The minimum atomic E-state index is -0.131. The summed E-state index contributed by atoms with van der Waals surface area (Å²) >= 11 is 0. The van der Waals surface area contributed by atoms with Gasteiger partial charge in [0.05, 0.1) is 0 Å². The Morgan fingerprint density at radius 2 is 1.46 bits per heavy atom. The van der Waals surface area contributed by atoms with Crippen molar-refractivity contribution in [1.82, 2.24) is 0 Å². The fourth-order valence-electron chi connectivity index (χ4n) is 5.36. The second kappa shape index (κ2) is 13.3. The Kier molecular flexibility index (Phi) is 9.57.